The first-order valence-electron chi connectivity index (χ1n) is 5.00. The van der Waals surface area contributed by atoms with Gasteiger partial charge in [-0.2, -0.15) is 39.5 Å². The quantitative estimate of drug-likeness (QED) is 0.598. The Morgan fingerprint density at radius 2 is 1.29 bits per heavy atom. The van der Waals surface area contributed by atoms with Crippen molar-refractivity contribution in [1.29, 1.82) is 0 Å². The van der Waals surface area contributed by atoms with Gasteiger partial charge >= 0.3 is 18.5 Å². The summed E-state index contributed by atoms with van der Waals surface area (Å²) < 4.78 is 114. The Kier molecular flexibility index (Phi) is 3.92. The lowest BCUT2D eigenvalue weighted by Gasteiger charge is -2.35. The van der Waals surface area contributed by atoms with Crippen LogP contribution >= 0.6 is 0 Å². The molecule has 3 nitrogen and oxygen atoms in total. The minimum atomic E-state index is -5.71. The molecule has 12 heteroatoms. The van der Waals surface area contributed by atoms with Crippen molar-refractivity contribution in [1.82, 2.24) is 0 Å². The first-order chi connectivity index (χ1) is 9.10. The Labute approximate surface area is 110 Å². The molecule has 2 atom stereocenters. The number of hydrogen-bond acceptors (Lipinski definition) is 3. The summed E-state index contributed by atoms with van der Waals surface area (Å²) in [6, 6.07) is -3.00. The second-order valence-corrected chi connectivity index (χ2v) is 4.13. The Balaban J connectivity index is 3.72. The van der Waals surface area contributed by atoms with E-state index in [2.05, 4.69) is 5.73 Å². The van der Waals surface area contributed by atoms with Gasteiger partial charge in [0.25, 0.3) is 0 Å². The molecule has 0 saturated heterocycles. The van der Waals surface area contributed by atoms with Crippen LogP contribution in [-0.2, 0) is 0 Å². The van der Waals surface area contributed by atoms with Crippen LogP contribution in [0, 0.1) is 5.92 Å². The highest BCUT2D eigenvalue weighted by atomic mass is 19.4. The lowest BCUT2D eigenvalue weighted by atomic mass is 9.81. The van der Waals surface area contributed by atoms with E-state index in [0.717, 1.165) is 0 Å². The summed E-state index contributed by atoms with van der Waals surface area (Å²) in [4.78, 5) is 0. The molecule has 0 aromatic carbocycles. The predicted octanol–water partition coefficient (Wildman–Crippen LogP) is 2.66. The van der Waals surface area contributed by atoms with Gasteiger partial charge in [-0.25, -0.2) is 0 Å². The third kappa shape index (κ3) is 3.04. The summed E-state index contributed by atoms with van der Waals surface area (Å²) in [7, 11) is 0. The molecule has 0 aromatic rings. The van der Waals surface area contributed by atoms with E-state index >= 15 is 0 Å². The lowest BCUT2D eigenvalue weighted by molar-refractivity contribution is -0.183. The van der Waals surface area contributed by atoms with Crippen LogP contribution in [0.5, 0.6) is 0 Å². The maximum atomic E-state index is 12.6. The molecule has 2 unspecified atom stereocenters. The zero-order chi connectivity index (χ0) is 17.0. The van der Waals surface area contributed by atoms with Crippen LogP contribution in [0.15, 0.2) is 22.6 Å². The molecule has 0 fully saturated rings. The van der Waals surface area contributed by atoms with Gasteiger partial charge in [-0.05, 0) is 0 Å². The molecule has 1 aliphatic carbocycles. The van der Waals surface area contributed by atoms with Crippen molar-refractivity contribution in [2.24, 2.45) is 17.4 Å². The van der Waals surface area contributed by atoms with Crippen molar-refractivity contribution >= 4 is 0 Å². The van der Waals surface area contributed by atoms with Gasteiger partial charge in [0, 0.05) is 0 Å². The molecule has 5 N–H and O–H groups in total. The summed E-state index contributed by atoms with van der Waals surface area (Å²) >= 11 is 0. The highest BCUT2D eigenvalue weighted by Gasteiger charge is 2.59. The molecule has 0 saturated carbocycles. The molecule has 21 heavy (non-hydrogen) atoms. The van der Waals surface area contributed by atoms with E-state index in [1.165, 1.54) is 0 Å². The van der Waals surface area contributed by atoms with Crippen molar-refractivity contribution in [3.63, 3.8) is 0 Å². The van der Waals surface area contributed by atoms with Crippen molar-refractivity contribution in [3.05, 3.63) is 22.6 Å². The predicted molar refractivity (Wildman–Crippen MR) is 50.5 cm³/mol. The van der Waals surface area contributed by atoms with Gasteiger partial charge < -0.3 is 16.6 Å². The summed E-state index contributed by atoms with van der Waals surface area (Å²) in [5.74, 6) is -5.94. The molecule has 0 heterocycles. The smallest absolute Gasteiger partial charge is 0.421 e. The van der Waals surface area contributed by atoms with Crippen LogP contribution in [0.1, 0.15) is 0 Å². The van der Waals surface area contributed by atoms with E-state index in [-0.39, 0.29) is 0 Å². The fourth-order valence-corrected chi connectivity index (χ4v) is 1.94. The maximum Gasteiger partial charge on any atom is 0.421 e. The average molecular weight is 330 g/mol. The molecule has 0 radical (unpaired) electrons. The lowest BCUT2D eigenvalue weighted by Crippen LogP contribution is -2.50. The number of alkyl halides is 9. The van der Waals surface area contributed by atoms with Gasteiger partial charge in [0.2, 0.25) is 0 Å². The standard InChI is InChI=1S/C9H7F9N2O/c10-7(11,12)1-4(19)2(8(13,14)15)6(21)3(5(1)20)9(16,17)18/h2,4,21H,19-20H2. The van der Waals surface area contributed by atoms with Crippen LogP contribution in [0.2, 0.25) is 0 Å². The molecular formula is C9H7F9N2O. The van der Waals surface area contributed by atoms with Crippen molar-refractivity contribution in [2.45, 2.75) is 24.6 Å². The molecule has 122 valence electrons. The fraction of sp³-hybridized carbons (Fsp3) is 0.556. The molecular weight excluding hydrogens is 323 g/mol. The third-order valence-electron chi connectivity index (χ3n) is 2.74. The molecule has 0 spiro atoms. The molecule has 0 amide bonds. The zero-order valence-corrected chi connectivity index (χ0v) is 9.66. The largest absolute Gasteiger partial charge is 0.511 e. The first kappa shape index (κ1) is 17.5. The summed E-state index contributed by atoms with van der Waals surface area (Å²) in [5, 5.41) is 9.10. The minimum absolute atomic E-state index is 2.07. The number of aliphatic hydroxyl groups is 1. The molecule has 0 aliphatic heterocycles. The second kappa shape index (κ2) is 4.71. The van der Waals surface area contributed by atoms with Crippen LogP contribution < -0.4 is 11.5 Å². The highest BCUT2D eigenvalue weighted by molar-refractivity contribution is 5.47. The van der Waals surface area contributed by atoms with Crippen LogP contribution in [0.4, 0.5) is 39.5 Å². The van der Waals surface area contributed by atoms with Gasteiger partial charge in [-0.1, -0.05) is 0 Å². The molecule has 1 rings (SSSR count). The fourth-order valence-electron chi connectivity index (χ4n) is 1.94. The van der Waals surface area contributed by atoms with E-state index in [4.69, 9.17) is 10.8 Å². The van der Waals surface area contributed by atoms with Crippen molar-refractivity contribution in [3.8, 4) is 0 Å². The van der Waals surface area contributed by atoms with Crippen molar-refractivity contribution in [2.75, 3.05) is 0 Å². The van der Waals surface area contributed by atoms with Gasteiger partial charge in [-0.15, -0.1) is 0 Å². The topological polar surface area (TPSA) is 72.3 Å². The summed E-state index contributed by atoms with van der Waals surface area (Å²) in [6.07, 6.45) is -17.0. The van der Waals surface area contributed by atoms with Gasteiger partial charge in [0.1, 0.15) is 17.3 Å². The zero-order valence-electron chi connectivity index (χ0n) is 9.66. The summed E-state index contributed by atoms with van der Waals surface area (Å²) in [6.45, 7) is 0. The third-order valence-corrected chi connectivity index (χ3v) is 2.74. The van der Waals surface area contributed by atoms with Crippen LogP contribution in [0.3, 0.4) is 0 Å². The second-order valence-electron chi connectivity index (χ2n) is 4.13. The monoisotopic (exact) mass is 330 g/mol. The first-order valence-corrected chi connectivity index (χ1v) is 5.00. The number of hydrogen-bond donors (Lipinski definition) is 3. The van der Waals surface area contributed by atoms with Crippen LogP contribution in [-0.4, -0.2) is 29.7 Å². The number of rotatable bonds is 0. The van der Waals surface area contributed by atoms with E-state index in [1.54, 1.807) is 0 Å². The SMILES string of the molecule is NC1=C(C(F)(F)F)C(N)C(C(F)(F)F)C(O)=C1C(F)(F)F. The van der Waals surface area contributed by atoms with Gasteiger partial charge in [-0.3, -0.25) is 0 Å². The molecule has 1 aliphatic rings. The average Bonchev–Trinajstić information content (AvgIpc) is 2.07. The normalized spacial score (nSPS) is 25.6. The molecule has 0 aromatic heterocycles. The van der Waals surface area contributed by atoms with Gasteiger partial charge in [0.05, 0.1) is 17.3 Å². The summed E-state index contributed by atoms with van der Waals surface area (Å²) in [5.41, 5.74) is 2.37. The number of nitrogens with two attached hydrogens (primary N) is 2. The van der Waals surface area contributed by atoms with E-state index in [9.17, 15) is 39.5 Å². The Morgan fingerprint density at radius 3 is 1.57 bits per heavy atom. The Hall–Kier alpha value is -1.59. The Morgan fingerprint density at radius 1 is 0.857 bits per heavy atom. The number of allylic oxidation sites excluding steroid dienone is 1. The van der Waals surface area contributed by atoms with E-state index < -0.39 is 53.1 Å². The van der Waals surface area contributed by atoms with Crippen molar-refractivity contribution < 1.29 is 44.6 Å². The van der Waals surface area contributed by atoms with E-state index in [0.29, 0.717) is 0 Å². The Bertz CT molecular complexity index is 497. The van der Waals surface area contributed by atoms with E-state index in [1.807, 2.05) is 0 Å². The highest BCUT2D eigenvalue weighted by Crippen LogP contribution is 2.48. The number of halogens is 9. The minimum Gasteiger partial charge on any atom is -0.511 e. The number of aliphatic hydroxyl groups excluding tert-OH is 1. The maximum absolute atomic E-state index is 12.6. The van der Waals surface area contributed by atoms with Gasteiger partial charge in [0.15, 0.2) is 0 Å². The van der Waals surface area contributed by atoms with Crippen LogP contribution in [0.25, 0.3) is 0 Å². The molecule has 0 bridgehead atoms.